The number of carbonyl (C=O) groups excluding carboxylic acids is 2. The fourth-order valence-electron chi connectivity index (χ4n) is 1.70. The van der Waals surface area contributed by atoms with Crippen LogP contribution in [0.1, 0.15) is 20.8 Å². The molecule has 1 unspecified atom stereocenters. The molecule has 0 spiro atoms. The van der Waals surface area contributed by atoms with Crippen LogP contribution < -0.4 is 10.4 Å². The van der Waals surface area contributed by atoms with Crippen LogP contribution in [0.4, 0.5) is 4.79 Å². The van der Waals surface area contributed by atoms with E-state index in [1.165, 1.54) is 0 Å². The lowest BCUT2D eigenvalue weighted by atomic mass is 10.1. The minimum absolute atomic E-state index is 0.156. The zero-order valence-corrected chi connectivity index (χ0v) is 8.44. The van der Waals surface area contributed by atoms with Crippen molar-refractivity contribution in [3.05, 3.63) is 21.4 Å². The summed E-state index contributed by atoms with van der Waals surface area (Å²) in [7, 11) is -0.984. The average molecular weight is 211 g/mol. The second-order valence-corrected chi connectivity index (χ2v) is 4.93. The third-order valence-electron chi connectivity index (χ3n) is 2.28. The van der Waals surface area contributed by atoms with E-state index in [1.54, 1.807) is 12.3 Å². The highest BCUT2D eigenvalue weighted by Crippen LogP contribution is 2.33. The molecule has 2 rings (SSSR count). The van der Waals surface area contributed by atoms with Crippen molar-refractivity contribution >= 4 is 21.7 Å². The zero-order valence-electron chi connectivity index (χ0n) is 7.62. The van der Waals surface area contributed by atoms with E-state index in [4.69, 9.17) is 0 Å². The van der Waals surface area contributed by atoms with Crippen molar-refractivity contribution in [2.24, 2.45) is 0 Å². The molecule has 74 valence electrons. The number of aryl methyl sites for hydroxylation is 1. The van der Waals surface area contributed by atoms with Crippen LogP contribution in [-0.2, 0) is 6.42 Å². The molecule has 1 aromatic heterocycles. The van der Waals surface area contributed by atoms with Gasteiger partial charge in [0.15, 0.2) is 4.88 Å². The molecule has 0 bridgehead atoms. The van der Waals surface area contributed by atoms with Crippen LogP contribution in [0.2, 0.25) is 0 Å². The van der Waals surface area contributed by atoms with Crippen molar-refractivity contribution in [3.8, 4) is 0 Å². The van der Waals surface area contributed by atoms with Gasteiger partial charge in [-0.2, -0.15) is 0 Å². The van der Waals surface area contributed by atoms with E-state index in [0.717, 1.165) is 10.4 Å². The number of nitrogens with one attached hydrogen (secondary N) is 1. The molecule has 0 fully saturated rings. The fourth-order valence-corrected chi connectivity index (χ4v) is 3.41. The highest BCUT2D eigenvalue weighted by molar-refractivity contribution is 7.49. The number of thiophene rings is 1. The number of hydrogen-bond acceptors (Lipinski definition) is 3. The Labute approximate surface area is 83.5 Å². The molecule has 1 aliphatic heterocycles. The lowest BCUT2D eigenvalue weighted by Crippen LogP contribution is -2.31. The smallest absolute Gasteiger partial charge is 0.300 e. The van der Waals surface area contributed by atoms with Gasteiger partial charge < -0.3 is 15.2 Å². The van der Waals surface area contributed by atoms with Gasteiger partial charge in [0, 0.05) is 29.0 Å². The molecule has 1 atom stereocenters. The summed E-state index contributed by atoms with van der Waals surface area (Å²) in [5.41, 5.74) is 1.31. The summed E-state index contributed by atoms with van der Waals surface area (Å²) in [4.78, 5) is 23.0. The summed E-state index contributed by atoms with van der Waals surface area (Å²) in [6.07, 6.45) is 0.617. The van der Waals surface area contributed by atoms with Gasteiger partial charge in [-0.05, 0) is 6.92 Å². The van der Waals surface area contributed by atoms with Gasteiger partial charge in [-0.25, -0.2) is 0 Å². The highest BCUT2D eigenvalue weighted by atomic mass is 32.2. The van der Waals surface area contributed by atoms with Gasteiger partial charge in [-0.1, -0.05) is 0 Å². The molecule has 0 radical (unpaired) electrons. The first-order valence-corrected chi connectivity index (χ1v) is 5.54. The molecule has 2 heterocycles. The van der Waals surface area contributed by atoms with Crippen LogP contribution in [0.5, 0.6) is 0 Å². The topological polar surface area (TPSA) is 69.2 Å². The number of carbonyl (C=O) groups is 2. The Kier molecular flexibility index (Phi) is 2.03. The largest absolute Gasteiger partial charge is 0.500 e. The third-order valence-corrected chi connectivity index (χ3v) is 4.17. The number of carboxylic acid groups (broad SMARTS) is 1. The normalized spacial score (nSPS) is 16.1. The van der Waals surface area contributed by atoms with Gasteiger partial charge in [-0.3, -0.25) is 4.79 Å². The lowest BCUT2D eigenvalue weighted by molar-refractivity contribution is -0.233. The minimum atomic E-state index is -1.09. The van der Waals surface area contributed by atoms with Gasteiger partial charge >= 0.3 is 5.30 Å². The summed E-state index contributed by atoms with van der Waals surface area (Å²) in [5, 5.41) is 14.0. The van der Waals surface area contributed by atoms with Gasteiger partial charge in [0.1, 0.15) is 10.9 Å². The van der Waals surface area contributed by atoms with E-state index < -0.39 is 15.8 Å². The maximum atomic E-state index is 11.4. The van der Waals surface area contributed by atoms with Crippen LogP contribution >= 0.6 is 10.5 Å². The molecule has 5 heteroatoms. The predicted molar refractivity (Wildman–Crippen MR) is 50.5 cm³/mol. The summed E-state index contributed by atoms with van der Waals surface area (Å²) in [5.74, 6) is -0.156. The van der Waals surface area contributed by atoms with Gasteiger partial charge in [-0.15, -0.1) is 0 Å². The first-order valence-electron chi connectivity index (χ1n) is 4.25. The maximum Gasteiger partial charge on any atom is 0.300 e. The third kappa shape index (κ3) is 1.21. The van der Waals surface area contributed by atoms with Crippen molar-refractivity contribution in [1.29, 1.82) is 0 Å². The van der Waals surface area contributed by atoms with Crippen molar-refractivity contribution in [2.45, 2.75) is 13.3 Å². The second-order valence-electron chi connectivity index (χ2n) is 3.19. The second kappa shape index (κ2) is 3.09. The maximum absolute atomic E-state index is 11.4. The molecule has 0 aromatic carbocycles. The molecule has 0 aliphatic carbocycles. The van der Waals surface area contributed by atoms with Gasteiger partial charge in [0.2, 0.25) is 0 Å². The van der Waals surface area contributed by atoms with Crippen LogP contribution in [0.25, 0.3) is 0 Å². The Morgan fingerprint density at radius 3 is 3.00 bits per heavy atom. The summed E-state index contributed by atoms with van der Waals surface area (Å²) in [6, 6.07) is 0. The molecular weight excluding hydrogens is 202 g/mol. The fraction of sp³-hybridized carbons (Fsp3) is 0.333. The Balaban J connectivity index is 2.63. The van der Waals surface area contributed by atoms with Crippen LogP contribution in [0.15, 0.2) is 5.38 Å². The van der Waals surface area contributed by atoms with E-state index in [2.05, 4.69) is 5.32 Å². The Bertz CT molecular complexity index is 422. The average Bonchev–Trinajstić information content (AvgIpc) is 2.45. The molecular formula is C9H9NO3S. The van der Waals surface area contributed by atoms with Gasteiger partial charge in [0.25, 0.3) is 5.91 Å². The summed E-state index contributed by atoms with van der Waals surface area (Å²) >= 11 is 0. The van der Waals surface area contributed by atoms with Crippen molar-refractivity contribution in [1.82, 2.24) is 5.32 Å². The highest BCUT2D eigenvalue weighted by Gasteiger charge is 2.31. The van der Waals surface area contributed by atoms with Crippen LogP contribution in [-0.4, -0.2) is 17.8 Å². The van der Waals surface area contributed by atoms with Crippen molar-refractivity contribution < 1.29 is 14.7 Å². The molecule has 1 aromatic rings. The summed E-state index contributed by atoms with van der Waals surface area (Å²) < 4.78 is 0. The first kappa shape index (κ1) is 9.21. The predicted octanol–water partition coefficient (Wildman–Crippen LogP) is 0.221. The van der Waals surface area contributed by atoms with Crippen molar-refractivity contribution in [2.75, 3.05) is 6.54 Å². The number of fused-ring (bicyclic) bond motifs is 1. The summed E-state index contributed by atoms with van der Waals surface area (Å²) in [6.45, 7) is 2.28. The van der Waals surface area contributed by atoms with Crippen LogP contribution in [0.3, 0.4) is 0 Å². The number of amides is 1. The Morgan fingerprint density at radius 1 is 1.64 bits per heavy atom. The molecule has 0 saturated carbocycles. The monoisotopic (exact) mass is 211 g/mol. The molecule has 1 amide bonds. The molecule has 0 saturated heterocycles. The molecule has 14 heavy (non-hydrogen) atoms. The zero-order chi connectivity index (χ0) is 10.3. The minimum Gasteiger partial charge on any atom is -0.500 e. The first-order chi connectivity index (χ1) is 6.61. The van der Waals surface area contributed by atoms with Crippen molar-refractivity contribution in [3.63, 3.8) is 0 Å². The van der Waals surface area contributed by atoms with E-state index >= 15 is 0 Å². The van der Waals surface area contributed by atoms with E-state index in [-0.39, 0.29) is 5.91 Å². The quantitative estimate of drug-likeness (QED) is 0.676. The SMILES string of the molecule is Cc1c[s+](C(=O)[O-])c2c1C(=O)NCC2. The van der Waals surface area contributed by atoms with E-state index in [1.807, 2.05) is 0 Å². The lowest BCUT2D eigenvalue weighted by Gasteiger charge is -2.10. The Hall–Kier alpha value is -1.36. The molecule has 1 aliphatic rings. The number of hydrogen-bond donors (Lipinski definition) is 1. The number of rotatable bonds is 1. The van der Waals surface area contributed by atoms with Gasteiger partial charge in [0.05, 0.1) is 0 Å². The molecule has 4 nitrogen and oxygen atoms in total. The van der Waals surface area contributed by atoms with E-state index in [0.29, 0.717) is 18.5 Å². The Morgan fingerprint density at radius 2 is 2.36 bits per heavy atom. The standard InChI is InChI=1S/C9H9NO3S/c1-5-4-14(9(12)13)6-2-3-10-8(11)7(5)6/h4H,2-3H2,1H3,(H-,10,11,12,13). The molecule has 1 N–H and O–H groups in total. The van der Waals surface area contributed by atoms with E-state index in [9.17, 15) is 14.7 Å². The van der Waals surface area contributed by atoms with Crippen LogP contribution in [0, 0.1) is 6.92 Å².